The fraction of sp³-hybridized carbons (Fsp3) is 0.714. The van der Waals surface area contributed by atoms with Gasteiger partial charge in [0.1, 0.15) is 0 Å². The molecule has 168 valence electrons. The van der Waals surface area contributed by atoms with Crippen LogP contribution in [-0.2, 0) is 4.74 Å². The molecule has 0 aromatic rings. The molecule has 0 bridgehead atoms. The molecule has 0 aliphatic heterocycles. The van der Waals surface area contributed by atoms with E-state index in [1.165, 1.54) is 35.1 Å². The first kappa shape index (κ1) is 27.9. The van der Waals surface area contributed by atoms with Gasteiger partial charge in [0.05, 0.1) is 0 Å². The first-order valence-electron chi connectivity index (χ1n) is 11.9. The van der Waals surface area contributed by atoms with Crippen LogP contribution in [0.15, 0.2) is 48.6 Å². The highest BCUT2D eigenvalue weighted by Crippen LogP contribution is 2.26. The highest BCUT2D eigenvalue weighted by molar-refractivity contribution is 5.04. The number of hydrogen-bond acceptors (Lipinski definition) is 1. The summed E-state index contributed by atoms with van der Waals surface area (Å²) in [6.45, 7) is 32.1. The minimum absolute atomic E-state index is 0.526. The Morgan fingerprint density at radius 2 is 0.862 bits per heavy atom. The third kappa shape index (κ3) is 12.3. The van der Waals surface area contributed by atoms with Gasteiger partial charge in [-0.2, -0.15) is 0 Å². The van der Waals surface area contributed by atoms with Gasteiger partial charge < -0.3 is 4.74 Å². The molecule has 0 fully saturated rings. The van der Waals surface area contributed by atoms with Crippen LogP contribution in [0.4, 0.5) is 0 Å². The lowest BCUT2D eigenvalue weighted by molar-refractivity contribution is 0.116. The maximum absolute atomic E-state index is 5.93. The minimum Gasteiger partial charge on any atom is -0.381 e. The van der Waals surface area contributed by atoms with Gasteiger partial charge in [-0.15, -0.1) is 0 Å². The van der Waals surface area contributed by atoms with Crippen LogP contribution in [0.1, 0.15) is 92.9 Å². The van der Waals surface area contributed by atoms with E-state index in [1.54, 1.807) is 0 Å². The zero-order valence-electron chi connectivity index (χ0n) is 20.6. The minimum atomic E-state index is 0.526. The van der Waals surface area contributed by atoms with Crippen LogP contribution < -0.4 is 0 Å². The van der Waals surface area contributed by atoms with E-state index in [1.807, 2.05) is 0 Å². The highest BCUT2D eigenvalue weighted by atomic mass is 16.5. The molecule has 29 heavy (non-hydrogen) atoms. The van der Waals surface area contributed by atoms with Crippen molar-refractivity contribution in [3.8, 4) is 0 Å². The maximum Gasteiger partial charge on any atom is 0.0471 e. The van der Waals surface area contributed by atoms with Crippen LogP contribution in [0, 0.1) is 23.7 Å². The molecule has 1 nitrogen and oxygen atoms in total. The topological polar surface area (TPSA) is 9.23 Å². The average Bonchev–Trinajstić information content (AvgIpc) is 2.72. The Kier molecular flexibility index (Phi) is 15.1. The van der Waals surface area contributed by atoms with Crippen molar-refractivity contribution in [3.63, 3.8) is 0 Å². The number of allylic oxidation sites excluding steroid dienone is 4. The predicted octanol–water partition coefficient (Wildman–Crippen LogP) is 8.93. The lowest BCUT2D eigenvalue weighted by Crippen LogP contribution is -2.09. The molecule has 0 aromatic heterocycles. The third-order valence-electron chi connectivity index (χ3n) is 6.88. The Hall–Kier alpha value is -1.08. The summed E-state index contributed by atoms with van der Waals surface area (Å²) >= 11 is 0. The monoisotopic (exact) mass is 402 g/mol. The molecule has 0 unspecified atom stereocenters. The standard InChI is InChI=1S/C28H50O/c1-11-21(3)23(5)13-15-25(7)27(9)17-19-29-20-18-28(10)26(8)16-14-24(6)22(4)12-2/h23-24,27-28H,3-4,7-8,11-20H2,1-2,5-6,9-10H3/t23-,24+,27+,28-. The second kappa shape index (κ2) is 15.7. The summed E-state index contributed by atoms with van der Waals surface area (Å²) in [5.74, 6) is 2.24. The fourth-order valence-electron chi connectivity index (χ4n) is 3.43. The molecule has 0 aliphatic rings. The summed E-state index contributed by atoms with van der Waals surface area (Å²) in [5.41, 5.74) is 5.42. The van der Waals surface area contributed by atoms with Gasteiger partial charge >= 0.3 is 0 Å². The van der Waals surface area contributed by atoms with Crippen molar-refractivity contribution < 1.29 is 4.74 Å². The summed E-state index contributed by atoms with van der Waals surface area (Å²) in [5, 5.41) is 0. The summed E-state index contributed by atoms with van der Waals surface area (Å²) in [6.07, 6.45) is 8.81. The largest absolute Gasteiger partial charge is 0.381 e. The van der Waals surface area contributed by atoms with Crippen LogP contribution in [0.3, 0.4) is 0 Å². The Balaban J connectivity index is 3.93. The third-order valence-corrected chi connectivity index (χ3v) is 6.88. The van der Waals surface area contributed by atoms with Crippen molar-refractivity contribution in [1.29, 1.82) is 0 Å². The molecule has 0 amide bonds. The predicted molar refractivity (Wildman–Crippen MR) is 132 cm³/mol. The highest BCUT2D eigenvalue weighted by Gasteiger charge is 2.12. The van der Waals surface area contributed by atoms with Crippen molar-refractivity contribution in [3.05, 3.63) is 48.6 Å². The summed E-state index contributed by atoms with van der Waals surface area (Å²) in [7, 11) is 0. The first-order chi connectivity index (χ1) is 13.6. The molecule has 0 heterocycles. The Bertz CT molecular complexity index is 466. The molecular formula is C28H50O. The molecule has 0 aromatic carbocycles. The van der Waals surface area contributed by atoms with Crippen LogP contribution in [-0.4, -0.2) is 13.2 Å². The number of rotatable bonds is 18. The number of ether oxygens (including phenoxy) is 1. The van der Waals surface area contributed by atoms with Gasteiger partial charge in [0.25, 0.3) is 0 Å². The van der Waals surface area contributed by atoms with E-state index < -0.39 is 0 Å². The van der Waals surface area contributed by atoms with Crippen molar-refractivity contribution >= 4 is 0 Å². The van der Waals surface area contributed by atoms with Gasteiger partial charge in [-0.3, -0.25) is 0 Å². The Labute approximate surface area is 183 Å². The average molecular weight is 403 g/mol. The van der Waals surface area contributed by atoms with E-state index in [0.29, 0.717) is 23.7 Å². The van der Waals surface area contributed by atoms with E-state index in [9.17, 15) is 0 Å². The zero-order chi connectivity index (χ0) is 22.4. The molecule has 1 heteroatoms. The van der Waals surface area contributed by atoms with Crippen LogP contribution in [0.25, 0.3) is 0 Å². The van der Waals surface area contributed by atoms with Crippen molar-refractivity contribution in [2.75, 3.05) is 13.2 Å². The fourth-order valence-corrected chi connectivity index (χ4v) is 3.43. The van der Waals surface area contributed by atoms with Gasteiger partial charge in [-0.25, -0.2) is 0 Å². The van der Waals surface area contributed by atoms with E-state index in [4.69, 9.17) is 4.74 Å². The second-order valence-electron chi connectivity index (χ2n) is 9.21. The molecule has 0 saturated heterocycles. The van der Waals surface area contributed by atoms with Gasteiger partial charge in [-0.1, -0.05) is 90.2 Å². The van der Waals surface area contributed by atoms with Crippen molar-refractivity contribution in [2.45, 2.75) is 92.9 Å². The van der Waals surface area contributed by atoms with Gasteiger partial charge in [0, 0.05) is 13.2 Å². The molecule has 0 saturated carbocycles. The molecule has 0 aliphatic carbocycles. The van der Waals surface area contributed by atoms with E-state index in [2.05, 4.69) is 67.9 Å². The molecular weight excluding hydrogens is 352 g/mol. The molecule has 4 atom stereocenters. The molecule has 0 spiro atoms. The van der Waals surface area contributed by atoms with Gasteiger partial charge in [0.2, 0.25) is 0 Å². The Morgan fingerprint density at radius 3 is 1.17 bits per heavy atom. The summed E-state index contributed by atoms with van der Waals surface area (Å²) in [4.78, 5) is 0. The second-order valence-corrected chi connectivity index (χ2v) is 9.21. The maximum atomic E-state index is 5.93. The number of hydrogen-bond donors (Lipinski definition) is 0. The summed E-state index contributed by atoms with van der Waals surface area (Å²) < 4.78 is 5.93. The van der Waals surface area contributed by atoms with Crippen LogP contribution in [0.5, 0.6) is 0 Å². The van der Waals surface area contributed by atoms with Crippen LogP contribution in [0.2, 0.25) is 0 Å². The van der Waals surface area contributed by atoms with Gasteiger partial charge in [-0.05, 0) is 75.0 Å². The Morgan fingerprint density at radius 1 is 0.552 bits per heavy atom. The molecule has 0 radical (unpaired) electrons. The van der Waals surface area contributed by atoms with Crippen LogP contribution >= 0.6 is 0 Å². The molecule has 0 N–H and O–H groups in total. The molecule has 0 rings (SSSR count). The van der Waals surface area contributed by atoms with Gasteiger partial charge in [0.15, 0.2) is 0 Å². The normalized spacial score (nSPS) is 15.4. The van der Waals surface area contributed by atoms with Crippen molar-refractivity contribution in [1.82, 2.24) is 0 Å². The summed E-state index contributed by atoms with van der Waals surface area (Å²) in [6, 6.07) is 0. The quantitative estimate of drug-likeness (QED) is 0.164. The van der Waals surface area contributed by atoms with Crippen molar-refractivity contribution in [2.24, 2.45) is 23.7 Å². The smallest absolute Gasteiger partial charge is 0.0471 e. The van der Waals surface area contributed by atoms with E-state index >= 15 is 0 Å². The van der Waals surface area contributed by atoms with E-state index in [0.717, 1.165) is 51.7 Å². The first-order valence-corrected chi connectivity index (χ1v) is 11.9. The lowest BCUT2D eigenvalue weighted by Gasteiger charge is -2.19. The zero-order valence-corrected chi connectivity index (χ0v) is 20.6. The lowest BCUT2D eigenvalue weighted by atomic mass is 9.89. The SMILES string of the molecule is C=C(CC)[C@H](C)CCC(=C)[C@@H](C)CCOCC[C@@H](C)C(=C)CC[C@H](C)C(=C)CC. The van der Waals surface area contributed by atoms with E-state index in [-0.39, 0.29) is 0 Å².